The van der Waals surface area contributed by atoms with Crippen LogP contribution in [0.5, 0.6) is 5.75 Å². The largest absolute Gasteiger partial charge is 0.423 e. The molecule has 0 aromatic heterocycles. The molecular weight excluding hydrogens is 282 g/mol. The molecule has 0 radical (unpaired) electrons. The van der Waals surface area contributed by atoms with Crippen molar-refractivity contribution in [3.05, 3.63) is 82.4 Å². The van der Waals surface area contributed by atoms with Gasteiger partial charge >= 0.3 is 5.97 Å². The minimum absolute atomic E-state index is 0.0510. The molecule has 0 bridgehead atoms. The Labute approximate surface area is 125 Å². The molecule has 0 fully saturated rings. The maximum Gasteiger partial charge on any atom is 0.344 e. The van der Waals surface area contributed by atoms with Crippen molar-refractivity contribution in [3.8, 4) is 5.75 Å². The first-order chi connectivity index (χ1) is 10.6. The molecule has 0 aliphatic heterocycles. The number of non-ortho nitro benzene ring substituents is 1. The first-order valence-corrected chi connectivity index (χ1v) is 6.59. The van der Waals surface area contributed by atoms with Gasteiger partial charge < -0.3 is 4.74 Å². The molecule has 0 amide bonds. The summed E-state index contributed by atoms with van der Waals surface area (Å²) in [4.78, 5) is 22.4. The molecule has 3 aromatic carbocycles. The third-order valence-corrected chi connectivity index (χ3v) is 3.27. The van der Waals surface area contributed by atoms with Gasteiger partial charge in [-0.3, -0.25) is 10.1 Å². The smallest absolute Gasteiger partial charge is 0.344 e. The van der Waals surface area contributed by atoms with Crippen LogP contribution in [0.15, 0.2) is 66.7 Å². The lowest BCUT2D eigenvalue weighted by Crippen LogP contribution is -2.09. The number of nitrogens with zero attached hydrogens (tertiary/aromatic N) is 1. The highest BCUT2D eigenvalue weighted by molar-refractivity contribution is 6.05. The Balaban J connectivity index is 1.89. The Hall–Kier alpha value is -3.21. The van der Waals surface area contributed by atoms with Crippen LogP contribution < -0.4 is 4.74 Å². The fourth-order valence-electron chi connectivity index (χ4n) is 2.20. The average molecular weight is 293 g/mol. The molecule has 0 aliphatic carbocycles. The zero-order chi connectivity index (χ0) is 15.5. The van der Waals surface area contributed by atoms with E-state index in [9.17, 15) is 14.9 Å². The van der Waals surface area contributed by atoms with E-state index in [1.165, 1.54) is 24.3 Å². The van der Waals surface area contributed by atoms with Crippen LogP contribution in [0.3, 0.4) is 0 Å². The zero-order valence-corrected chi connectivity index (χ0v) is 11.4. The molecule has 0 N–H and O–H groups in total. The van der Waals surface area contributed by atoms with Crippen molar-refractivity contribution >= 4 is 22.4 Å². The number of esters is 1. The van der Waals surface area contributed by atoms with E-state index in [1.807, 2.05) is 30.3 Å². The van der Waals surface area contributed by atoms with Gasteiger partial charge in [0, 0.05) is 12.1 Å². The Morgan fingerprint density at radius 1 is 0.909 bits per heavy atom. The molecule has 0 saturated heterocycles. The summed E-state index contributed by atoms with van der Waals surface area (Å²) in [7, 11) is 0. The monoisotopic (exact) mass is 293 g/mol. The van der Waals surface area contributed by atoms with Crippen molar-refractivity contribution in [2.24, 2.45) is 0 Å². The first-order valence-electron chi connectivity index (χ1n) is 6.59. The van der Waals surface area contributed by atoms with Crippen LogP contribution in [0, 0.1) is 10.1 Å². The highest BCUT2D eigenvalue weighted by atomic mass is 16.6. The van der Waals surface area contributed by atoms with Crippen molar-refractivity contribution in [2.45, 2.75) is 0 Å². The van der Waals surface area contributed by atoms with Gasteiger partial charge in [-0.15, -0.1) is 0 Å². The summed E-state index contributed by atoms with van der Waals surface area (Å²) in [5, 5.41) is 12.3. The number of carbonyl (C=O) groups excluding carboxylic acids is 1. The van der Waals surface area contributed by atoms with E-state index < -0.39 is 10.9 Å². The molecule has 0 saturated carbocycles. The standard InChI is InChI=1S/C17H11NO4/c19-17(22-14-10-8-13(9-11-14)18(20)21)16-7-3-5-12-4-1-2-6-15(12)16/h1-11H. The Bertz CT molecular complexity index is 851. The van der Waals surface area contributed by atoms with Crippen LogP contribution in [0.2, 0.25) is 0 Å². The van der Waals surface area contributed by atoms with Gasteiger partial charge in [-0.1, -0.05) is 36.4 Å². The summed E-state index contributed by atoms with van der Waals surface area (Å²) < 4.78 is 5.28. The highest BCUT2D eigenvalue weighted by Gasteiger charge is 2.13. The van der Waals surface area contributed by atoms with Crippen molar-refractivity contribution in [1.29, 1.82) is 0 Å². The SMILES string of the molecule is O=C(Oc1ccc([N+](=O)[O-])cc1)c1cccc2ccccc12. The summed E-state index contributed by atoms with van der Waals surface area (Å²) in [5.74, 6) is -0.228. The minimum atomic E-state index is -0.504. The van der Waals surface area contributed by atoms with Gasteiger partial charge in [0.25, 0.3) is 5.69 Å². The van der Waals surface area contributed by atoms with Gasteiger partial charge in [-0.25, -0.2) is 4.79 Å². The predicted octanol–water partition coefficient (Wildman–Crippen LogP) is 3.97. The van der Waals surface area contributed by atoms with E-state index in [-0.39, 0.29) is 11.4 Å². The summed E-state index contributed by atoms with van der Waals surface area (Å²) in [5.41, 5.74) is 0.404. The number of ether oxygens (including phenoxy) is 1. The van der Waals surface area contributed by atoms with Crippen LogP contribution in [0.1, 0.15) is 10.4 Å². The van der Waals surface area contributed by atoms with Gasteiger partial charge in [-0.2, -0.15) is 0 Å². The molecule has 0 unspecified atom stereocenters. The molecule has 0 aliphatic rings. The van der Waals surface area contributed by atoms with Crippen LogP contribution >= 0.6 is 0 Å². The lowest BCUT2D eigenvalue weighted by atomic mass is 10.0. The van der Waals surface area contributed by atoms with Crippen LogP contribution in [-0.2, 0) is 0 Å². The Morgan fingerprint density at radius 3 is 2.32 bits per heavy atom. The van der Waals surface area contributed by atoms with Crippen molar-refractivity contribution < 1.29 is 14.5 Å². The van der Waals surface area contributed by atoms with Crippen LogP contribution in [0.4, 0.5) is 5.69 Å². The molecule has 0 spiro atoms. The van der Waals surface area contributed by atoms with E-state index in [4.69, 9.17) is 4.74 Å². The molecule has 5 heteroatoms. The molecule has 5 nitrogen and oxygen atoms in total. The number of hydrogen-bond donors (Lipinski definition) is 0. The Morgan fingerprint density at radius 2 is 1.59 bits per heavy atom. The number of carbonyl (C=O) groups is 1. The molecule has 3 rings (SSSR count). The maximum atomic E-state index is 12.3. The van der Waals surface area contributed by atoms with E-state index in [1.54, 1.807) is 12.1 Å². The highest BCUT2D eigenvalue weighted by Crippen LogP contribution is 2.22. The summed E-state index contributed by atoms with van der Waals surface area (Å²) in [6, 6.07) is 18.3. The number of nitro benzene ring substituents is 1. The van der Waals surface area contributed by atoms with Gasteiger partial charge in [0.1, 0.15) is 5.75 Å². The van der Waals surface area contributed by atoms with Gasteiger partial charge in [-0.05, 0) is 29.0 Å². The third-order valence-electron chi connectivity index (χ3n) is 3.27. The molecule has 0 heterocycles. The second-order valence-electron chi connectivity index (χ2n) is 4.67. The molecule has 3 aromatic rings. The number of rotatable bonds is 3. The number of benzene rings is 3. The fraction of sp³-hybridized carbons (Fsp3) is 0. The van der Waals surface area contributed by atoms with Crippen LogP contribution in [0.25, 0.3) is 10.8 Å². The summed E-state index contributed by atoms with van der Waals surface area (Å²) in [6.07, 6.45) is 0. The lowest BCUT2D eigenvalue weighted by Gasteiger charge is -2.07. The minimum Gasteiger partial charge on any atom is -0.423 e. The molecular formula is C17H11NO4. The summed E-state index contributed by atoms with van der Waals surface area (Å²) in [6.45, 7) is 0. The molecule has 108 valence electrons. The van der Waals surface area contributed by atoms with E-state index in [0.29, 0.717) is 5.56 Å². The van der Waals surface area contributed by atoms with Gasteiger partial charge in [0.05, 0.1) is 10.5 Å². The number of fused-ring (bicyclic) bond motifs is 1. The Kier molecular flexibility index (Phi) is 3.53. The van der Waals surface area contributed by atoms with E-state index in [2.05, 4.69) is 0 Å². The van der Waals surface area contributed by atoms with Crippen molar-refractivity contribution in [2.75, 3.05) is 0 Å². The second-order valence-corrected chi connectivity index (χ2v) is 4.67. The quantitative estimate of drug-likeness (QED) is 0.317. The summed E-state index contributed by atoms with van der Waals surface area (Å²) >= 11 is 0. The van der Waals surface area contributed by atoms with Gasteiger partial charge in [0.15, 0.2) is 0 Å². The maximum absolute atomic E-state index is 12.3. The van der Waals surface area contributed by atoms with E-state index in [0.717, 1.165) is 10.8 Å². The first kappa shape index (κ1) is 13.8. The third kappa shape index (κ3) is 2.64. The molecule has 0 atom stereocenters. The number of hydrogen-bond acceptors (Lipinski definition) is 4. The number of nitro groups is 1. The van der Waals surface area contributed by atoms with E-state index >= 15 is 0 Å². The van der Waals surface area contributed by atoms with Gasteiger partial charge in [0.2, 0.25) is 0 Å². The van der Waals surface area contributed by atoms with Crippen molar-refractivity contribution in [1.82, 2.24) is 0 Å². The predicted molar refractivity (Wildman–Crippen MR) is 82.0 cm³/mol. The topological polar surface area (TPSA) is 69.4 Å². The van der Waals surface area contributed by atoms with Crippen LogP contribution in [-0.4, -0.2) is 10.9 Å². The molecule has 22 heavy (non-hydrogen) atoms. The second kappa shape index (κ2) is 5.65. The van der Waals surface area contributed by atoms with Crippen molar-refractivity contribution in [3.63, 3.8) is 0 Å². The average Bonchev–Trinajstić information content (AvgIpc) is 2.54. The zero-order valence-electron chi connectivity index (χ0n) is 11.4. The fourth-order valence-corrected chi connectivity index (χ4v) is 2.20. The lowest BCUT2D eigenvalue weighted by molar-refractivity contribution is -0.384. The normalized spacial score (nSPS) is 10.4.